The van der Waals surface area contributed by atoms with E-state index < -0.39 is 0 Å². The Kier molecular flexibility index (Phi) is 3.99. The second kappa shape index (κ2) is 4.83. The van der Waals surface area contributed by atoms with Crippen molar-refractivity contribution in [2.75, 3.05) is 0 Å². The number of halogens is 1. The number of nitrogens with zero attached hydrogens (tertiary/aromatic N) is 2. The van der Waals surface area contributed by atoms with Crippen LogP contribution in [-0.4, -0.2) is 9.78 Å². The third kappa shape index (κ3) is 1.95. The van der Waals surface area contributed by atoms with E-state index in [4.69, 9.17) is 11.6 Å². The highest BCUT2D eigenvalue weighted by Crippen LogP contribution is 2.26. The summed E-state index contributed by atoms with van der Waals surface area (Å²) < 4.78 is 1.98. The Morgan fingerprint density at radius 3 is 2.21 bits per heavy atom. The fourth-order valence-electron chi connectivity index (χ4n) is 1.75. The van der Waals surface area contributed by atoms with Crippen LogP contribution in [-0.2, 0) is 6.42 Å². The molecule has 0 aliphatic rings. The highest BCUT2D eigenvalue weighted by molar-refractivity contribution is 6.30. The van der Waals surface area contributed by atoms with E-state index in [-0.39, 0.29) is 0 Å². The van der Waals surface area contributed by atoms with Gasteiger partial charge in [0, 0.05) is 5.56 Å². The molecule has 0 amide bonds. The monoisotopic (exact) mass is 214 g/mol. The molecule has 1 rings (SSSR count). The number of hydrogen-bond donors (Lipinski definition) is 0. The predicted octanol–water partition coefficient (Wildman–Crippen LogP) is 3.77. The van der Waals surface area contributed by atoms with Crippen molar-refractivity contribution in [3.8, 4) is 0 Å². The van der Waals surface area contributed by atoms with Crippen molar-refractivity contribution in [1.29, 1.82) is 0 Å². The molecule has 0 spiro atoms. The van der Waals surface area contributed by atoms with Crippen molar-refractivity contribution >= 4 is 11.6 Å². The summed E-state index contributed by atoms with van der Waals surface area (Å²) in [6.07, 6.45) is 3.12. The van der Waals surface area contributed by atoms with Gasteiger partial charge in [0.2, 0.25) is 0 Å². The zero-order chi connectivity index (χ0) is 10.7. The minimum absolute atomic E-state index is 0.446. The van der Waals surface area contributed by atoms with Crippen LogP contribution in [0.15, 0.2) is 0 Å². The minimum atomic E-state index is 0.446. The molecule has 0 aliphatic carbocycles. The molecule has 2 nitrogen and oxygen atoms in total. The number of hydrogen-bond acceptors (Lipinski definition) is 1. The summed E-state index contributed by atoms with van der Waals surface area (Å²) in [6.45, 7) is 8.51. The third-order valence-electron chi connectivity index (χ3n) is 2.80. The molecular weight excluding hydrogens is 196 g/mol. The van der Waals surface area contributed by atoms with Crippen LogP contribution in [0, 0.1) is 6.92 Å². The molecule has 0 atom stereocenters. The Hall–Kier alpha value is -0.500. The molecule has 3 heteroatoms. The molecule has 0 saturated heterocycles. The van der Waals surface area contributed by atoms with Crippen LogP contribution in [0.4, 0.5) is 0 Å². The summed E-state index contributed by atoms with van der Waals surface area (Å²) >= 11 is 6.25. The topological polar surface area (TPSA) is 17.8 Å². The van der Waals surface area contributed by atoms with Crippen molar-refractivity contribution in [3.05, 3.63) is 16.4 Å². The zero-order valence-electron chi connectivity index (χ0n) is 9.47. The molecule has 0 radical (unpaired) electrons. The SMILES string of the molecule is CCc1nn(C(CC)CC)c(Cl)c1C. The largest absolute Gasteiger partial charge is 0.250 e. The van der Waals surface area contributed by atoms with Gasteiger partial charge < -0.3 is 0 Å². The van der Waals surface area contributed by atoms with Gasteiger partial charge >= 0.3 is 0 Å². The van der Waals surface area contributed by atoms with Crippen LogP contribution in [0.2, 0.25) is 5.15 Å². The van der Waals surface area contributed by atoms with Crippen molar-refractivity contribution in [2.45, 2.75) is 53.0 Å². The summed E-state index contributed by atoms with van der Waals surface area (Å²) in [5.41, 5.74) is 2.27. The highest BCUT2D eigenvalue weighted by Gasteiger charge is 2.16. The number of rotatable bonds is 4. The van der Waals surface area contributed by atoms with Crippen LogP contribution in [0.5, 0.6) is 0 Å². The maximum atomic E-state index is 6.25. The average molecular weight is 215 g/mol. The first-order valence-corrected chi connectivity index (χ1v) is 5.76. The smallest absolute Gasteiger partial charge is 0.130 e. The van der Waals surface area contributed by atoms with Gasteiger partial charge in [-0.2, -0.15) is 5.10 Å². The van der Waals surface area contributed by atoms with Gasteiger partial charge in [0.25, 0.3) is 0 Å². The zero-order valence-corrected chi connectivity index (χ0v) is 10.2. The minimum Gasteiger partial charge on any atom is -0.250 e. The Bertz CT molecular complexity index is 300. The molecule has 0 unspecified atom stereocenters. The van der Waals surface area contributed by atoms with Crippen LogP contribution in [0.25, 0.3) is 0 Å². The average Bonchev–Trinajstić information content (AvgIpc) is 2.48. The van der Waals surface area contributed by atoms with E-state index in [9.17, 15) is 0 Å². The molecule has 1 aromatic heterocycles. The maximum absolute atomic E-state index is 6.25. The highest BCUT2D eigenvalue weighted by atomic mass is 35.5. The van der Waals surface area contributed by atoms with Crippen LogP contribution >= 0.6 is 11.6 Å². The summed E-state index contributed by atoms with van der Waals surface area (Å²) in [7, 11) is 0. The first kappa shape index (κ1) is 11.6. The Labute approximate surface area is 91.3 Å². The van der Waals surface area contributed by atoms with Crippen molar-refractivity contribution in [3.63, 3.8) is 0 Å². The molecule has 1 heterocycles. The molecule has 0 bridgehead atoms. The second-order valence-corrected chi connectivity index (χ2v) is 3.99. The maximum Gasteiger partial charge on any atom is 0.130 e. The number of aryl methyl sites for hydroxylation is 1. The summed E-state index contributed by atoms with van der Waals surface area (Å²) in [4.78, 5) is 0. The lowest BCUT2D eigenvalue weighted by Gasteiger charge is -2.13. The van der Waals surface area contributed by atoms with Crippen molar-refractivity contribution in [2.24, 2.45) is 0 Å². The summed E-state index contributed by atoms with van der Waals surface area (Å²) in [6, 6.07) is 0.446. The van der Waals surface area contributed by atoms with Crippen LogP contribution in [0.3, 0.4) is 0 Å². The van der Waals surface area contributed by atoms with Gasteiger partial charge in [-0.05, 0) is 26.2 Å². The normalized spacial score (nSPS) is 11.3. The van der Waals surface area contributed by atoms with E-state index in [0.29, 0.717) is 6.04 Å². The van der Waals surface area contributed by atoms with Gasteiger partial charge in [-0.15, -0.1) is 0 Å². The third-order valence-corrected chi connectivity index (χ3v) is 3.25. The van der Waals surface area contributed by atoms with Crippen LogP contribution < -0.4 is 0 Å². The Morgan fingerprint density at radius 2 is 1.86 bits per heavy atom. The van der Waals surface area contributed by atoms with E-state index in [1.165, 1.54) is 0 Å². The van der Waals surface area contributed by atoms with Gasteiger partial charge in [0.1, 0.15) is 5.15 Å². The van der Waals surface area contributed by atoms with Crippen molar-refractivity contribution in [1.82, 2.24) is 9.78 Å². The first-order chi connectivity index (χ1) is 6.65. The molecule has 14 heavy (non-hydrogen) atoms. The summed E-state index contributed by atoms with van der Waals surface area (Å²) in [5.74, 6) is 0. The molecule has 0 fully saturated rings. The molecule has 0 saturated carbocycles. The predicted molar refractivity (Wildman–Crippen MR) is 61.0 cm³/mol. The molecule has 0 aliphatic heterocycles. The van der Waals surface area contributed by atoms with Crippen LogP contribution in [0.1, 0.15) is 50.9 Å². The lowest BCUT2D eigenvalue weighted by molar-refractivity contribution is 0.426. The van der Waals surface area contributed by atoms with Gasteiger partial charge in [0.05, 0.1) is 11.7 Å². The van der Waals surface area contributed by atoms with E-state index in [1.54, 1.807) is 0 Å². The lowest BCUT2D eigenvalue weighted by Crippen LogP contribution is -2.09. The van der Waals surface area contributed by atoms with Gasteiger partial charge in [-0.1, -0.05) is 32.4 Å². The first-order valence-electron chi connectivity index (χ1n) is 5.39. The molecule has 80 valence electrons. The molecule has 0 aromatic carbocycles. The van der Waals surface area contributed by atoms with Gasteiger partial charge in [-0.3, -0.25) is 4.68 Å². The molecule has 1 aromatic rings. The molecular formula is C11H19ClN2. The quantitative estimate of drug-likeness (QED) is 0.746. The summed E-state index contributed by atoms with van der Waals surface area (Å²) in [5, 5.41) is 5.37. The fourth-order valence-corrected chi connectivity index (χ4v) is 2.04. The lowest BCUT2D eigenvalue weighted by atomic mass is 10.2. The van der Waals surface area contributed by atoms with Gasteiger partial charge in [-0.25, -0.2) is 0 Å². The molecule has 0 N–H and O–H groups in total. The van der Waals surface area contributed by atoms with E-state index in [0.717, 1.165) is 35.7 Å². The Balaban J connectivity index is 3.08. The van der Waals surface area contributed by atoms with E-state index in [1.807, 2.05) is 11.6 Å². The fraction of sp³-hybridized carbons (Fsp3) is 0.727. The standard InChI is InChI=1S/C11H19ClN2/c1-5-9(6-2)14-11(12)8(4)10(7-3)13-14/h9H,5-7H2,1-4H3. The second-order valence-electron chi connectivity index (χ2n) is 3.63. The van der Waals surface area contributed by atoms with E-state index >= 15 is 0 Å². The Morgan fingerprint density at radius 1 is 1.29 bits per heavy atom. The van der Waals surface area contributed by atoms with Gasteiger partial charge in [0.15, 0.2) is 0 Å². The van der Waals surface area contributed by atoms with Crippen molar-refractivity contribution < 1.29 is 0 Å². The van der Waals surface area contributed by atoms with E-state index in [2.05, 4.69) is 25.9 Å². The number of aromatic nitrogens is 2.